The van der Waals surface area contributed by atoms with Crippen molar-refractivity contribution in [2.75, 3.05) is 11.9 Å². The first-order valence-electron chi connectivity index (χ1n) is 8.25. The van der Waals surface area contributed by atoms with Gasteiger partial charge in [-0.1, -0.05) is 24.3 Å². The molecule has 2 aromatic rings. The van der Waals surface area contributed by atoms with Gasteiger partial charge in [-0.3, -0.25) is 14.4 Å². The fraction of sp³-hybridized carbons (Fsp3) is 0.211. The molecule has 6 nitrogen and oxygen atoms in total. The maximum absolute atomic E-state index is 12.9. The monoisotopic (exact) mass is 355 g/mol. The van der Waals surface area contributed by atoms with Gasteiger partial charge < -0.3 is 16.0 Å². The topological polar surface area (TPSA) is 87.3 Å². The summed E-state index contributed by atoms with van der Waals surface area (Å²) in [4.78, 5) is 36.5. The van der Waals surface area contributed by atoms with E-state index in [0.717, 1.165) is 5.56 Å². The molecule has 0 aromatic heterocycles. The summed E-state index contributed by atoms with van der Waals surface area (Å²) in [6.45, 7) is 0.354. The maximum atomic E-state index is 12.9. The smallest absolute Gasteiger partial charge is 0.254 e. The lowest BCUT2D eigenvalue weighted by molar-refractivity contribution is -0.125. The lowest BCUT2D eigenvalue weighted by atomic mass is 10.1. The number of halogens is 1. The van der Waals surface area contributed by atoms with Gasteiger partial charge in [0.2, 0.25) is 11.8 Å². The van der Waals surface area contributed by atoms with Gasteiger partial charge in [-0.15, -0.1) is 0 Å². The Morgan fingerprint density at radius 3 is 2.58 bits per heavy atom. The van der Waals surface area contributed by atoms with Crippen LogP contribution in [0.1, 0.15) is 22.3 Å². The molecule has 2 aromatic carbocycles. The standard InChI is InChI=1S/C19H18FN3O3/c20-13-7-5-12(6-8-13)9-10-21-17(24)11-16-19(26)22-15-4-2-1-3-14(15)18(25)23-16/h1-8,16H,9-11H2,(H,21,24)(H,22,26)(H,23,25). The van der Waals surface area contributed by atoms with Gasteiger partial charge in [0, 0.05) is 6.54 Å². The fourth-order valence-corrected chi connectivity index (χ4v) is 2.71. The molecule has 0 spiro atoms. The predicted molar refractivity (Wildman–Crippen MR) is 94.1 cm³/mol. The van der Waals surface area contributed by atoms with E-state index in [9.17, 15) is 18.8 Å². The third-order valence-electron chi connectivity index (χ3n) is 4.09. The first-order valence-corrected chi connectivity index (χ1v) is 8.25. The van der Waals surface area contributed by atoms with Crippen LogP contribution < -0.4 is 16.0 Å². The van der Waals surface area contributed by atoms with Crippen LogP contribution in [0.4, 0.5) is 10.1 Å². The Kier molecular flexibility index (Phi) is 5.26. The summed E-state index contributed by atoms with van der Waals surface area (Å²) < 4.78 is 12.9. The highest BCUT2D eigenvalue weighted by molar-refractivity contribution is 6.10. The predicted octanol–water partition coefficient (Wildman–Crippen LogP) is 1.63. The average Bonchev–Trinajstić information content (AvgIpc) is 2.74. The van der Waals surface area contributed by atoms with Crippen molar-refractivity contribution in [3.63, 3.8) is 0 Å². The summed E-state index contributed by atoms with van der Waals surface area (Å²) >= 11 is 0. The van der Waals surface area contributed by atoms with E-state index in [1.807, 2.05) is 0 Å². The largest absolute Gasteiger partial charge is 0.356 e. The molecule has 0 saturated carbocycles. The molecule has 1 heterocycles. The van der Waals surface area contributed by atoms with E-state index in [1.54, 1.807) is 36.4 Å². The first kappa shape index (κ1) is 17.6. The second-order valence-electron chi connectivity index (χ2n) is 5.99. The van der Waals surface area contributed by atoms with Crippen molar-refractivity contribution in [3.05, 3.63) is 65.5 Å². The molecule has 3 rings (SSSR count). The quantitative estimate of drug-likeness (QED) is 0.762. The molecule has 7 heteroatoms. The zero-order chi connectivity index (χ0) is 18.5. The summed E-state index contributed by atoms with van der Waals surface area (Å²) in [5.41, 5.74) is 1.68. The molecular weight excluding hydrogens is 337 g/mol. The highest BCUT2D eigenvalue weighted by Crippen LogP contribution is 2.18. The molecule has 3 amide bonds. The van der Waals surface area contributed by atoms with Crippen LogP contribution in [0.15, 0.2) is 48.5 Å². The van der Waals surface area contributed by atoms with Crippen molar-refractivity contribution in [2.45, 2.75) is 18.9 Å². The maximum Gasteiger partial charge on any atom is 0.254 e. The molecule has 0 aliphatic carbocycles. The zero-order valence-electron chi connectivity index (χ0n) is 13.9. The Hall–Kier alpha value is -3.22. The van der Waals surface area contributed by atoms with Crippen molar-refractivity contribution in [1.29, 1.82) is 0 Å². The minimum atomic E-state index is -0.944. The van der Waals surface area contributed by atoms with E-state index in [2.05, 4.69) is 16.0 Å². The van der Waals surface area contributed by atoms with Crippen LogP contribution in [0.5, 0.6) is 0 Å². The SMILES string of the molecule is O=C(CC1NC(=O)c2ccccc2NC1=O)NCCc1ccc(F)cc1. The number of hydrogen-bond donors (Lipinski definition) is 3. The second kappa shape index (κ2) is 7.77. The number of para-hydroxylation sites is 1. The van der Waals surface area contributed by atoms with E-state index < -0.39 is 17.9 Å². The lowest BCUT2D eigenvalue weighted by Crippen LogP contribution is -2.44. The Bertz CT molecular complexity index is 836. The van der Waals surface area contributed by atoms with Gasteiger partial charge >= 0.3 is 0 Å². The van der Waals surface area contributed by atoms with Crippen LogP contribution in [0.3, 0.4) is 0 Å². The number of fused-ring (bicyclic) bond motifs is 1. The third kappa shape index (κ3) is 4.24. The number of rotatable bonds is 5. The number of amides is 3. The summed E-state index contributed by atoms with van der Waals surface area (Å²) in [6, 6.07) is 11.7. The first-order chi connectivity index (χ1) is 12.5. The molecule has 26 heavy (non-hydrogen) atoms. The zero-order valence-corrected chi connectivity index (χ0v) is 13.9. The van der Waals surface area contributed by atoms with Gasteiger partial charge in [0.05, 0.1) is 17.7 Å². The number of benzene rings is 2. The van der Waals surface area contributed by atoms with Crippen LogP contribution in [0, 0.1) is 5.82 Å². The molecule has 0 bridgehead atoms. The summed E-state index contributed by atoms with van der Waals surface area (Å²) in [6.07, 6.45) is 0.385. The van der Waals surface area contributed by atoms with Gasteiger partial charge in [-0.05, 0) is 36.2 Å². The van der Waals surface area contributed by atoms with Crippen molar-refractivity contribution in [1.82, 2.24) is 10.6 Å². The highest BCUT2D eigenvalue weighted by atomic mass is 19.1. The highest BCUT2D eigenvalue weighted by Gasteiger charge is 2.29. The summed E-state index contributed by atoms with van der Waals surface area (Å²) in [5.74, 6) is -1.49. The molecule has 134 valence electrons. The number of anilines is 1. The van der Waals surface area contributed by atoms with Gasteiger partial charge in [-0.2, -0.15) is 0 Å². The van der Waals surface area contributed by atoms with Crippen LogP contribution in [-0.4, -0.2) is 30.3 Å². The second-order valence-corrected chi connectivity index (χ2v) is 5.99. The Morgan fingerprint density at radius 2 is 1.81 bits per heavy atom. The molecular formula is C19H18FN3O3. The van der Waals surface area contributed by atoms with Gasteiger partial charge in [0.15, 0.2) is 0 Å². The summed E-state index contributed by atoms with van der Waals surface area (Å²) in [7, 11) is 0. The minimum Gasteiger partial charge on any atom is -0.356 e. The fourth-order valence-electron chi connectivity index (χ4n) is 2.71. The van der Waals surface area contributed by atoms with Gasteiger partial charge in [0.25, 0.3) is 5.91 Å². The molecule has 0 fully saturated rings. The molecule has 1 aliphatic rings. The van der Waals surface area contributed by atoms with Crippen molar-refractivity contribution >= 4 is 23.4 Å². The third-order valence-corrected chi connectivity index (χ3v) is 4.09. The van der Waals surface area contributed by atoms with E-state index in [-0.39, 0.29) is 18.1 Å². The van der Waals surface area contributed by atoms with E-state index >= 15 is 0 Å². The normalized spacial score (nSPS) is 16.1. The molecule has 1 atom stereocenters. The molecule has 0 radical (unpaired) electrons. The Labute approximate surface area is 149 Å². The molecule has 1 aliphatic heterocycles. The number of carbonyl (C=O) groups is 3. The van der Waals surface area contributed by atoms with E-state index in [1.165, 1.54) is 12.1 Å². The van der Waals surface area contributed by atoms with Crippen molar-refractivity contribution in [2.24, 2.45) is 0 Å². The van der Waals surface area contributed by atoms with Crippen LogP contribution in [0.2, 0.25) is 0 Å². The molecule has 1 unspecified atom stereocenters. The van der Waals surface area contributed by atoms with Crippen molar-refractivity contribution < 1.29 is 18.8 Å². The average molecular weight is 355 g/mol. The van der Waals surface area contributed by atoms with Gasteiger partial charge in [-0.25, -0.2) is 4.39 Å². The molecule has 0 saturated heterocycles. The Balaban J connectivity index is 1.53. The van der Waals surface area contributed by atoms with E-state index in [4.69, 9.17) is 0 Å². The number of nitrogens with one attached hydrogen (secondary N) is 3. The van der Waals surface area contributed by atoms with Crippen LogP contribution in [-0.2, 0) is 16.0 Å². The van der Waals surface area contributed by atoms with Crippen LogP contribution in [0.25, 0.3) is 0 Å². The van der Waals surface area contributed by atoms with Crippen LogP contribution >= 0.6 is 0 Å². The molecule has 3 N–H and O–H groups in total. The lowest BCUT2D eigenvalue weighted by Gasteiger charge is -2.14. The minimum absolute atomic E-state index is 0.158. The summed E-state index contributed by atoms with van der Waals surface area (Å²) in [5, 5.41) is 7.94. The Morgan fingerprint density at radius 1 is 1.08 bits per heavy atom. The number of carbonyl (C=O) groups excluding carboxylic acids is 3. The van der Waals surface area contributed by atoms with Crippen molar-refractivity contribution in [3.8, 4) is 0 Å². The van der Waals surface area contributed by atoms with E-state index in [0.29, 0.717) is 24.2 Å². The van der Waals surface area contributed by atoms with Gasteiger partial charge in [0.1, 0.15) is 11.9 Å². The number of hydrogen-bond acceptors (Lipinski definition) is 3.